The number of rotatable bonds is 9. The first kappa shape index (κ1) is 24.9. The molecule has 0 amide bonds. The Morgan fingerprint density at radius 2 is 1.95 bits per heavy atom. The van der Waals surface area contributed by atoms with Gasteiger partial charge >= 0.3 is 7.60 Å². The molecule has 0 aliphatic carbocycles. The first-order chi connectivity index (χ1) is 18.0. The van der Waals surface area contributed by atoms with E-state index in [0.717, 1.165) is 11.1 Å². The second-order valence-electron chi connectivity index (χ2n) is 8.26. The van der Waals surface area contributed by atoms with Gasteiger partial charge in [-0.1, -0.05) is 12.1 Å². The monoisotopic (exact) mass is 521 g/mol. The van der Waals surface area contributed by atoms with Crippen molar-refractivity contribution in [1.29, 1.82) is 5.26 Å². The van der Waals surface area contributed by atoms with E-state index in [9.17, 15) is 14.2 Å². The summed E-state index contributed by atoms with van der Waals surface area (Å²) >= 11 is 0. The van der Waals surface area contributed by atoms with Crippen molar-refractivity contribution in [3.05, 3.63) is 71.4 Å². The van der Waals surface area contributed by atoms with Gasteiger partial charge in [0.1, 0.15) is 17.6 Å². The van der Waals surface area contributed by atoms with Crippen molar-refractivity contribution in [3.63, 3.8) is 0 Å². The normalized spacial score (nSPS) is 12.8. The number of imidazole rings is 1. The van der Waals surface area contributed by atoms with Crippen molar-refractivity contribution in [2.45, 2.75) is 26.8 Å². The van der Waals surface area contributed by atoms with Gasteiger partial charge in [0.2, 0.25) is 5.95 Å². The van der Waals surface area contributed by atoms with Crippen LogP contribution in [-0.2, 0) is 26.6 Å². The smallest absolute Gasteiger partial charge is 0.361 e. The lowest BCUT2D eigenvalue weighted by molar-refractivity contribution is 0.230. The lowest BCUT2D eigenvalue weighted by atomic mass is 10.0. The summed E-state index contributed by atoms with van der Waals surface area (Å²) in [6.45, 7) is 4.75. The van der Waals surface area contributed by atoms with E-state index in [2.05, 4.69) is 21.4 Å². The largest absolute Gasteiger partial charge is 0.493 e. The van der Waals surface area contributed by atoms with Gasteiger partial charge in [0.05, 0.1) is 31.3 Å². The molecule has 5 rings (SSSR count). The van der Waals surface area contributed by atoms with Gasteiger partial charge in [0, 0.05) is 35.9 Å². The van der Waals surface area contributed by atoms with E-state index < -0.39 is 7.60 Å². The molecular weight excluding hydrogens is 496 g/mol. The molecule has 0 fully saturated rings. The maximum Gasteiger partial charge on any atom is 0.361 e. The highest BCUT2D eigenvalue weighted by atomic mass is 31.2. The van der Waals surface area contributed by atoms with Crippen LogP contribution in [0.3, 0.4) is 0 Å². The summed E-state index contributed by atoms with van der Waals surface area (Å²) in [5, 5.41) is 13.1. The zero-order valence-corrected chi connectivity index (χ0v) is 21.3. The number of hydrogen-bond donors (Lipinski definition) is 1. The number of nitriles is 1. The van der Waals surface area contributed by atoms with Gasteiger partial charge in [-0.2, -0.15) is 5.26 Å². The highest BCUT2D eigenvalue weighted by molar-refractivity contribution is 7.62. The third kappa shape index (κ3) is 4.69. The van der Waals surface area contributed by atoms with Crippen LogP contribution in [0, 0.1) is 17.1 Å². The van der Waals surface area contributed by atoms with E-state index in [0.29, 0.717) is 46.8 Å². The Morgan fingerprint density at radius 1 is 1.19 bits per heavy atom. The summed E-state index contributed by atoms with van der Waals surface area (Å²) < 4.78 is 45.8. The fourth-order valence-electron chi connectivity index (χ4n) is 4.39. The molecule has 11 heteroatoms. The summed E-state index contributed by atoms with van der Waals surface area (Å²) in [5.41, 5.74) is 3.51. The van der Waals surface area contributed by atoms with Crippen molar-refractivity contribution < 1.29 is 22.7 Å². The number of halogens is 1. The van der Waals surface area contributed by atoms with E-state index in [1.807, 2.05) is 0 Å². The Bertz CT molecular complexity index is 1540. The fraction of sp³-hybridized carbons (Fsp3) is 0.269. The van der Waals surface area contributed by atoms with Gasteiger partial charge in [0.25, 0.3) is 0 Å². The molecule has 1 aliphatic heterocycles. The average molecular weight is 521 g/mol. The summed E-state index contributed by atoms with van der Waals surface area (Å²) in [4.78, 5) is 9.00. The SMILES string of the molecule is CCOP(=O)(OCC)c1ccc(-c2cnc(NCc3c(F)ccc4c3CCO4)n3cc(C#N)nc23)cc1. The summed E-state index contributed by atoms with van der Waals surface area (Å²) in [6.07, 6.45) is 3.86. The van der Waals surface area contributed by atoms with Gasteiger partial charge in [-0.25, -0.2) is 14.4 Å². The first-order valence-electron chi connectivity index (χ1n) is 11.9. The highest BCUT2D eigenvalue weighted by Gasteiger charge is 2.27. The van der Waals surface area contributed by atoms with Crippen LogP contribution in [0.4, 0.5) is 10.3 Å². The molecule has 1 aliphatic rings. The minimum absolute atomic E-state index is 0.193. The van der Waals surface area contributed by atoms with Crippen LogP contribution in [0.15, 0.2) is 48.8 Å². The second-order valence-corrected chi connectivity index (χ2v) is 10.3. The maximum atomic E-state index is 14.6. The van der Waals surface area contributed by atoms with E-state index in [1.165, 1.54) is 6.07 Å². The minimum Gasteiger partial charge on any atom is -0.493 e. The topological polar surface area (TPSA) is 111 Å². The van der Waals surface area contributed by atoms with E-state index >= 15 is 0 Å². The highest BCUT2D eigenvalue weighted by Crippen LogP contribution is 2.47. The predicted octanol–water partition coefficient (Wildman–Crippen LogP) is 4.85. The molecule has 0 unspecified atom stereocenters. The lowest BCUT2D eigenvalue weighted by Crippen LogP contribution is -2.11. The molecule has 1 N–H and O–H groups in total. The number of hydrogen-bond acceptors (Lipinski definition) is 8. The van der Waals surface area contributed by atoms with E-state index in [1.54, 1.807) is 61.0 Å². The average Bonchev–Trinajstić information content (AvgIpc) is 3.56. The zero-order chi connectivity index (χ0) is 26.0. The number of anilines is 1. The van der Waals surface area contributed by atoms with Crippen molar-refractivity contribution >= 4 is 24.5 Å². The molecule has 3 heterocycles. The van der Waals surface area contributed by atoms with Gasteiger partial charge in [-0.3, -0.25) is 8.97 Å². The van der Waals surface area contributed by atoms with Crippen LogP contribution < -0.4 is 15.4 Å². The summed E-state index contributed by atoms with van der Waals surface area (Å²) in [6, 6.07) is 12.1. The van der Waals surface area contributed by atoms with Crippen molar-refractivity contribution in [2.75, 3.05) is 25.1 Å². The van der Waals surface area contributed by atoms with Gasteiger partial charge < -0.3 is 19.1 Å². The molecule has 37 heavy (non-hydrogen) atoms. The number of nitrogens with zero attached hydrogens (tertiary/aromatic N) is 4. The molecule has 0 bridgehead atoms. The second kappa shape index (κ2) is 10.3. The standard InChI is InChI=1S/C26H25FN5O4P/c1-3-35-37(33,36-4-2)19-7-5-17(6-8-19)21-14-29-26(32-16-18(13-28)31-25(21)32)30-15-22-20-11-12-34-24(20)10-9-23(22)27/h5-10,14,16H,3-4,11-12,15H2,1-2H3,(H,29,30). The molecule has 0 atom stereocenters. The van der Waals surface area contributed by atoms with Crippen molar-refractivity contribution in [1.82, 2.24) is 14.4 Å². The zero-order valence-electron chi connectivity index (χ0n) is 20.4. The molecule has 0 spiro atoms. The number of benzene rings is 2. The van der Waals surface area contributed by atoms with Gasteiger partial charge in [0.15, 0.2) is 11.3 Å². The molecule has 190 valence electrons. The lowest BCUT2D eigenvalue weighted by Gasteiger charge is -2.17. The predicted molar refractivity (Wildman–Crippen MR) is 137 cm³/mol. The summed E-state index contributed by atoms with van der Waals surface area (Å²) in [7, 11) is -3.42. The Balaban J connectivity index is 1.48. The van der Waals surface area contributed by atoms with Gasteiger partial charge in [-0.15, -0.1) is 0 Å². The molecule has 0 radical (unpaired) electrons. The van der Waals surface area contributed by atoms with Crippen LogP contribution in [-0.4, -0.2) is 34.2 Å². The fourth-order valence-corrected chi connectivity index (χ4v) is 5.96. The van der Waals surface area contributed by atoms with Crippen LogP contribution in [0.2, 0.25) is 0 Å². The number of aromatic nitrogens is 3. The molecular formula is C26H25FN5O4P. The van der Waals surface area contributed by atoms with Crippen LogP contribution in [0.25, 0.3) is 16.8 Å². The Labute approximate surface area is 213 Å². The van der Waals surface area contributed by atoms with E-state index in [4.69, 9.17) is 13.8 Å². The minimum atomic E-state index is -3.42. The van der Waals surface area contributed by atoms with Crippen LogP contribution in [0.5, 0.6) is 5.75 Å². The maximum absolute atomic E-state index is 14.6. The van der Waals surface area contributed by atoms with Gasteiger partial charge in [-0.05, 0) is 43.7 Å². The molecule has 0 saturated carbocycles. The van der Waals surface area contributed by atoms with Crippen molar-refractivity contribution in [2.24, 2.45) is 0 Å². The molecule has 9 nitrogen and oxygen atoms in total. The third-order valence-corrected chi connectivity index (χ3v) is 8.19. The molecule has 4 aromatic rings. The Hall–Kier alpha value is -3.77. The Kier molecular flexibility index (Phi) is 6.94. The number of nitrogens with one attached hydrogen (secondary N) is 1. The molecule has 2 aromatic carbocycles. The quantitative estimate of drug-likeness (QED) is 0.312. The van der Waals surface area contributed by atoms with E-state index in [-0.39, 0.29) is 31.3 Å². The number of ether oxygens (including phenoxy) is 1. The van der Waals surface area contributed by atoms with Crippen LogP contribution in [0.1, 0.15) is 30.7 Å². The Morgan fingerprint density at radius 3 is 2.65 bits per heavy atom. The first-order valence-corrected chi connectivity index (χ1v) is 13.5. The molecule has 0 saturated heterocycles. The van der Waals surface area contributed by atoms with Crippen molar-refractivity contribution in [3.8, 4) is 22.9 Å². The summed E-state index contributed by atoms with van der Waals surface area (Å²) in [5.74, 6) is 0.796. The molecule has 2 aromatic heterocycles. The van der Waals surface area contributed by atoms with Crippen LogP contribution >= 0.6 is 7.60 Å². The number of fused-ring (bicyclic) bond motifs is 2. The third-order valence-electron chi connectivity index (χ3n) is 6.06.